The van der Waals surface area contributed by atoms with Crippen LogP contribution in [0.4, 0.5) is 0 Å². The highest BCUT2D eigenvalue weighted by molar-refractivity contribution is 5.71. The minimum Gasteiger partial charge on any atom is -0.455 e. The quantitative estimate of drug-likeness (QED) is 0.423. The standard InChI is InChI=1S/C13H20O5/c1-8-9(5-7-12(15-2)16-3)17-10-4-6-11(14)18-13(8)10/h9-10,12-13H,1,4-7H2,2-3H3. The van der Waals surface area contributed by atoms with Crippen LogP contribution in [-0.2, 0) is 23.7 Å². The monoisotopic (exact) mass is 256 g/mol. The number of methoxy groups -OCH3 is 2. The molecule has 0 saturated carbocycles. The van der Waals surface area contributed by atoms with E-state index in [1.54, 1.807) is 14.2 Å². The molecule has 0 radical (unpaired) electrons. The van der Waals surface area contributed by atoms with Crippen molar-refractivity contribution in [3.05, 3.63) is 12.2 Å². The van der Waals surface area contributed by atoms with E-state index in [0.29, 0.717) is 6.42 Å². The fourth-order valence-electron chi connectivity index (χ4n) is 2.50. The topological polar surface area (TPSA) is 54.0 Å². The third-order valence-corrected chi connectivity index (χ3v) is 3.54. The summed E-state index contributed by atoms with van der Waals surface area (Å²) in [5, 5.41) is 0. The van der Waals surface area contributed by atoms with Crippen molar-refractivity contribution in [1.82, 2.24) is 0 Å². The number of hydrogen-bond acceptors (Lipinski definition) is 5. The molecule has 5 nitrogen and oxygen atoms in total. The molecule has 0 aromatic heterocycles. The van der Waals surface area contributed by atoms with Gasteiger partial charge in [-0.2, -0.15) is 0 Å². The average Bonchev–Trinajstić information content (AvgIpc) is 2.68. The predicted molar refractivity (Wildman–Crippen MR) is 64.0 cm³/mol. The van der Waals surface area contributed by atoms with Crippen molar-refractivity contribution in [3.63, 3.8) is 0 Å². The van der Waals surface area contributed by atoms with Crippen molar-refractivity contribution in [3.8, 4) is 0 Å². The van der Waals surface area contributed by atoms with Gasteiger partial charge < -0.3 is 18.9 Å². The molecule has 0 aliphatic carbocycles. The number of hydrogen-bond donors (Lipinski definition) is 0. The minimum absolute atomic E-state index is 0.0243. The molecule has 18 heavy (non-hydrogen) atoms. The van der Waals surface area contributed by atoms with Gasteiger partial charge in [0.25, 0.3) is 0 Å². The first-order valence-electron chi connectivity index (χ1n) is 6.25. The zero-order valence-corrected chi connectivity index (χ0v) is 10.9. The molecule has 0 N–H and O–H groups in total. The molecular weight excluding hydrogens is 236 g/mol. The molecule has 2 rings (SSSR count). The van der Waals surface area contributed by atoms with Gasteiger partial charge in [0.05, 0.1) is 12.2 Å². The molecular formula is C13H20O5. The first kappa shape index (κ1) is 13.5. The largest absolute Gasteiger partial charge is 0.455 e. The summed E-state index contributed by atoms with van der Waals surface area (Å²) in [6, 6.07) is 0. The van der Waals surface area contributed by atoms with Crippen LogP contribution in [-0.4, -0.2) is 44.8 Å². The second-order valence-electron chi connectivity index (χ2n) is 4.67. The van der Waals surface area contributed by atoms with Crippen LogP contribution < -0.4 is 0 Å². The molecule has 0 spiro atoms. The number of esters is 1. The van der Waals surface area contributed by atoms with Crippen LogP contribution in [0.1, 0.15) is 25.7 Å². The highest BCUT2D eigenvalue weighted by atomic mass is 16.7. The van der Waals surface area contributed by atoms with Gasteiger partial charge in [-0.25, -0.2) is 0 Å². The van der Waals surface area contributed by atoms with Crippen LogP contribution in [0, 0.1) is 0 Å². The van der Waals surface area contributed by atoms with Gasteiger partial charge in [0.15, 0.2) is 12.4 Å². The Hall–Kier alpha value is -0.910. The Morgan fingerprint density at radius 1 is 1.44 bits per heavy atom. The van der Waals surface area contributed by atoms with Gasteiger partial charge in [-0.15, -0.1) is 0 Å². The second-order valence-corrected chi connectivity index (χ2v) is 4.67. The lowest BCUT2D eigenvalue weighted by atomic mass is 9.98. The number of carbonyl (C=O) groups excluding carboxylic acids is 1. The van der Waals surface area contributed by atoms with E-state index in [1.165, 1.54) is 0 Å². The maximum Gasteiger partial charge on any atom is 0.306 e. The van der Waals surface area contributed by atoms with Gasteiger partial charge >= 0.3 is 5.97 Å². The Morgan fingerprint density at radius 2 is 2.17 bits per heavy atom. The summed E-state index contributed by atoms with van der Waals surface area (Å²) >= 11 is 0. The van der Waals surface area contributed by atoms with Crippen LogP contribution in [0.15, 0.2) is 12.2 Å². The molecule has 3 unspecified atom stereocenters. The van der Waals surface area contributed by atoms with Crippen molar-refractivity contribution in [2.45, 2.75) is 50.3 Å². The van der Waals surface area contributed by atoms with Gasteiger partial charge in [0.1, 0.15) is 0 Å². The number of rotatable bonds is 5. The maximum atomic E-state index is 11.3. The van der Waals surface area contributed by atoms with E-state index in [2.05, 4.69) is 6.58 Å². The first-order valence-corrected chi connectivity index (χ1v) is 6.25. The number of fused-ring (bicyclic) bond motifs is 1. The van der Waals surface area contributed by atoms with E-state index in [9.17, 15) is 4.79 Å². The third kappa shape index (κ3) is 2.74. The fourth-order valence-corrected chi connectivity index (χ4v) is 2.50. The molecule has 102 valence electrons. The zero-order chi connectivity index (χ0) is 13.1. The molecule has 2 aliphatic heterocycles. The molecule has 3 atom stereocenters. The number of ether oxygens (including phenoxy) is 4. The van der Waals surface area contributed by atoms with Gasteiger partial charge in [-0.1, -0.05) is 6.58 Å². The van der Waals surface area contributed by atoms with Crippen LogP contribution in [0.25, 0.3) is 0 Å². The molecule has 2 saturated heterocycles. The molecule has 0 aromatic carbocycles. The lowest BCUT2D eigenvalue weighted by molar-refractivity contribution is -0.158. The summed E-state index contributed by atoms with van der Waals surface area (Å²) in [6.45, 7) is 4.00. The summed E-state index contributed by atoms with van der Waals surface area (Å²) in [7, 11) is 3.22. The SMILES string of the molecule is C=C1C(CCC(OC)OC)OC2CCC(=O)OC12. The molecule has 2 heterocycles. The first-order chi connectivity index (χ1) is 8.65. The van der Waals surface area contributed by atoms with Crippen LogP contribution >= 0.6 is 0 Å². The van der Waals surface area contributed by atoms with E-state index >= 15 is 0 Å². The minimum atomic E-state index is -0.264. The summed E-state index contributed by atoms with van der Waals surface area (Å²) in [5.41, 5.74) is 0.860. The normalized spacial score (nSPS) is 31.6. The fraction of sp³-hybridized carbons (Fsp3) is 0.769. The maximum absolute atomic E-state index is 11.3. The van der Waals surface area contributed by atoms with Gasteiger partial charge in [0, 0.05) is 27.1 Å². The molecule has 0 aromatic rings. The summed E-state index contributed by atoms with van der Waals surface area (Å²) in [4.78, 5) is 11.3. The lowest BCUT2D eigenvalue weighted by Gasteiger charge is -2.23. The van der Waals surface area contributed by atoms with E-state index < -0.39 is 0 Å². The van der Waals surface area contributed by atoms with Crippen molar-refractivity contribution in [2.75, 3.05) is 14.2 Å². The van der Waals surface area contributed by atoms with E-state index in [4.69, 9.17) is 18.9 Å². The van der Waals surface area contributed by atoms with Crippen LogP contribution in [0.5, 0.6) is 0 Å². The third-order valence-electron chi connectivity index (χ3n) is 3.54. The highest BCUT2D eigenvalue weighted by Gasteiger charge is 2.43. The lowest BCUT2D eigenvalue weighted by Crippen LogP contribution is -2.33. The highest BCUT2D eigenvalue weighted by Crippen LogP contribution is 2.35. The van der Waals surface area contributed by atoms with E-state index in [-0.39, 0.29) is 30.6 Å². The summed E-state index contributed by atoms with van der Waals surface area (Å²) < 4.78 is 21.4. The second kappa shape index (κ2) is 5.82. The molecule has 0 amide bonds. The summed E-state index contributed by atoms with van der Waals surface area (Å²) in [6.07, 6.45) is 2.05. The Bertz CT molecular complexity index is 323. The van der Waals surface area contributed by atoms with Gasteiger partial charge in [0.2, 0.25) is 0 Å². The Kier molecular flexibility index (Phi) is 4.37. The van der Waals surface area contributed by atoms with Crippen molar-refractivity contribution in [2.24, 2.45) is 0 Å². The Labute approximate surface area is 107 Å². The smallest absolute Gasteiger partial charge is 0.306 e. The number of carbonyl (C=O) groups is 1. The van der Waals surface area contributed by atoms with Crippen LogP contribution in [0.3, 0.4) is 0 Å². The van der Waals surface area contributed by atoms with Gasteiger partial charge in [-0.3, -0.25) is 4.79 Å². The van der Waals surface area contributed by atoms with Crippen molar-refractivity contribution >= 4 is 5.97 Å². The van der Waals surface area contributed by atoms with Crippen molar-refractivity contribution in [1.29, 1.82) is 0 Å². The Balaban J connectivity index is 1.88. The van der Waals surface area contributed by atoms with E-state index in [0.717, 1.165) is 24.8 Å². The van der Waals surface area contributed by atoms with Crippen molar-refractivity contribution < 1.29 is 23.7 Å². The molecule has 2 aliphatic rings. The summed E-state index contributed by atoms with van der Waals surface area (Å²) in [5.74, 6) is -0.159. The van der Waals surface area contributed by atoms with Gasteiger partial charge in [-0.05, 0) is 18.4 Å². The zero-order valence-electron chi connectivity index (χ0n) is 10.9. The predicted octanol–water partition coefficient (Wildman–Crippen LogP) is 1.41. The average molecular weight is 256 g/mol. The van der Waals surface area contributed by atoms with E-state index in [1.807, 2.05) is 0 Å². The molecule has 0 bridgehead atoms. The Morgan fingerprint density at radius 3 is 2.83 bits per heavy atom. The molecule has 2 fully saturated rings. The molecule has 5 heteroatoms. The van der Waals surface area contributed by atoms with Crippen LogP contribution in [0.2, 0.25) is 0 Å².